The molecule has 7 nitrogen and oxygen atoms in total. The average molecular weight is 314 g/mol. The van der Waals surface area contributed by atoms with Crippen LogP contribution in [0.1, 0.15) is 26.2 Å². The summed E-state index contributed by atoms with van der Waals surface area (Å²) < 4.78 is 36.7. The van der Waals surface area contributed by atoms with E-state index in [2.05, 4.69) is 0 Å². The van der Waals surface area contributed by atoms with Gasteiger partial charge in [-0.3, -0.25) is 4.79 Å². The Bertz CT molecular complexity index is 387. The first-order valence-corrected chi connectivity index (χ1v) is 6.13. The van der Waals surface area contributed by atoms with Crippen LogP contribution >= 0.6 is 0 Å². The minimum atomic E-state index is -4.59. The minimum absolute atomic E-state index is 0.0159. The predicted octanol–water partition coefficient (Wildman–Crippen LogP) is 1.29. The van der Waals surface area contributed by atoms with E-state index in [1.165, 1.54) is 6.92 Å². The topological polar surface area (TPSA) is 107 Å². The Morgan fingerprint density at radius 3 is 2.19 bits per heavy atom. The summed E-state index contributed by atoms with van der Waals surface area (Å²) in [5, 5.41) is 19.3. The molecule has 21 heavy (non-hydrogen) atoms. The van der Waals surface area contributed by atoms with Crippen molar-refractivity contribution < 1.29 is 37.8 Å². The quantitative estimate of drug-likeness (QED) is 0.626. The van der Waals surface area contributed by atoms with Gasteiger partial charge < -0.3 is 20.4 Å². The van der Waals surface area contributed by atoms with Crippen molar-refractivity contribution in [2.75, 3.05) is 13.1 Å². The van der Waals surface area contributed by atoms with Gasteiger partial charge in [0.15, 0.2) is 0 Å². The standard InChI is InChI=1S/C11H17F3N2O5/c1-2-16(6-11(12,13)14)10(21)15-7(9(19)20)4-3-5-8(17)18/h7H,2-6H2,1H3,(H,15,21)(H,17,18)(H,19,20)/t7-/m1/s1. The number of carboxylic acid groups (broad SMARTS) is 2. The molecule has 3 N–H and O–H groups in total. The van der Waals surface area contributed by atoms with E-state index in [9.17, 15) is 27.6 Å². The summed E-state index contributed by atoms with van der Waals surface area (Å²) in [7, 11) is 0. The first kappa shape index (κ1) is 19.0. The first-order chi connectivity index (χ1) is 9.56. The minimum Gasteiger partial charge on any atom is -0.481 e. The van der Waals surface area contributed by atoms with Crippen molar-refractivity contribution in [3.8, 4) is 0 Å². The number of rotatable bonds is 8. The molecule has 0 spiro atoms. The van der Waals surface area contributed by atoms with E-state index in [0.717, 1.165) is 0 Å². The zero-order chi connectivity index (χ0) is 16.6. The van der Waals surface area contributed by atoms with Gasteiger partial charge in [-0.05, 0) is 19.8 Å². The number of carbonyl (C=O) groups is 3. The van der Waals surface area contributed by atoms with Gasteiger partial charge in [0.05, 0.1) is 0 Å². The van der Waals surface area contributed by atoms with Crippen LogP contribution in [0.2, 0.25) is 0 Å². The number of aliphatic carboxylic acids is 2. The van der Waals surface area contributed by atoms with Gasteiger partial charge in [0.1, 0.15) is 12.6 Å². The Morgan fingerprint density at radius 1 is 1.24 bits per heavy atom. The highest BCUT2D eigenvalue weighted by molar-refractivity contribution is 5.82. The molecule has 0 rings (SSSR count). The summed E-state index contributed by atoms with van der Waals surface area (Å²) in [6.07, 6.45) is -5.08. The summed E-state index contributed by atoms with van der Waals surface area (Å²) in [5.41, 5.74) is 0. The molecule has 0 aliphatic carbocycles. The monoisotopic (exact) mass is 314 g/mol. The smallest absolute Gasteiger partial charge is 0.406 e. The highest BCUT2D eigenvalue weighted by Gasteiger charge is 2.33. The molecule has 2 amide bonds. The van der Waals surface area contributed by atoms with E-state index in [1.807, 2.05) is 5.32 Å². The number of nitrogens with one attached hydrogen (secondary N) is 1. The fraction of sp³-hybridized carbons (Fsp3) is 0.727. The molecule has 0 aliphatic heterocycles. The number of carboxylic acids is 2. The van der Waals surface area contributed by atoms with E-state index >= 15 is 0 Å². The van der Waals surface area contributed by atoms with E-state index in [4.69, 9.17) is 10.2 Å². The van der Waals surface area contributed by atoms with Crippen molar-refractivity contribution in [3.05, 3.63) is 0 Å². The molecular formula is C11H17F3N2O5. The van der Waals surface area contributed by atoms with Crippen LogP contribution in [-0.2, 0) is 9.59 Å². The van der Waals surface area contributed by atoms with Crippen LogP contribution in [0.5, 0.6) is 0 Å². The lowest BCUT2D eigenvalue weighted by atomic mass is 10.1. The zero-order valence-electron chi connectivity index (χ0n) is 11.3. The number of hydrogen-bond acceptors (Lipinski definition) is 3. The first-order valence-electron chi connectivity index (χ1n) is 6.13. The van der Waals surface area contributed by atoms with Crippen LogP contribution in [-0.4, -0.2) is 58.4 Å². The molecule has 1 atom stereocenters. The van der Waals surface area contributed by atoms with Gasteiger partial charge in [-0.25, -0.2) is 9.59 Å². The number of alkyl halides is 3. The summed E-state index contributed by atoms with van der Waals surface area (Å²) in [6, 6.07) is -2.59. The third-order valence-electron chi connectivity index (χ3n) is 2.52. The van der Waals surface area contributed by atoms with Crippen LogP contribution in [0.3, 0.4) is 0 Å². The van der Waals surface area contributed by atoms with Gasteiger partial charge in [-0.1, -0.05) is 0 Å². The van der Waals surface area contributed by atoms with Gasteiger partial charge in [0.2, 0.25) is 0 Å². The fourth-order valence-electron chi connectivity index (χ4n) is 1.50. The number of carbonyl (C=O) groups excluding carboxylic acids is 1. The van der Waals surface area contributed by atoms with Gasteiger partial charge in [0, 0.05) is 13.0 Å². The SMILES string of the molecule is CCN(CC(F)(F)F)C(=O)N[C@H](CCCC(=O)O)C(=O)O. The fourth-order valence-corrected chi connectivity index (χ4v) is 1.50. The summed E-state index contributed by atoms with van der Waals surface area (Å²) in [6.45, 7) is -0.408. The van der Waals surface area contributed by atoms with E-state index in [-0.39, 0.29) is 25.8 Å². The normalized spacial score (nSPS) is 12.6. The van der Waals surface area contributed by atoms with Crippen LogP contribution in [0, 0.1) is 0 Å². The number of nitrogens with zero attached hydrogens (tertiary/aromatic N) is 1. The molecular weight excluding hydrogens is 297 g/mol. The third kappa shape index (κ3) is 8.71. The Morgan fingerprint density at radius 2 is 1.81 bits per heavy atom. The second-order valence-corrected chi connectivity index (χ2v) is 4.26. The average Bonchev–Trinajstić information content (AvgIpc) is 2.32. The molecule has 0 aromatic carbocycles. The molecule has 0 aromatic heterocycles. The van der Waals surface area contributed by atoms with Crippen LogP contribution < -0.4 is 5.32 Å². The largest absolute Gasteiger partial charge is 0.481 e. The summed E-state index contributed by atoms with van der Waals surface area (Å²) >= 11 is 0. The molecule has 122 valence electrons. The number of hydrogen-bond donors (Lipinski definition) is 3. The maximum absolute atomic E-state index is 12.2. The van der Waals surface area contributed by atoms with Gasteiger partial charge in [-0.2, -0.15) is 13.2 Å². The maximum atomic E-state index is 12.2. The molecule has 0 unspecified atom stereocenters. The Kier molecular flexibility index (Phi) is 7.53. The van der Waals surface area contributed by atoms with Crippen molar-refractivity contribution in [1.82, 2.24) is 10.2 Å². The Balaban J connectivity index is 4.57. The molecule has 0 aromatic rings. The second-order valence-electron chi connectivity index (χ2n) is 4.26. The van der Waals surface area contributed by atoms with Crippen molar-refractivity contribution >= 4 is 18.0 Å². The third-order valence-corrected chi connectivity index (χ3v) is 2.52. The highest BCUT2D eigenvalue weighted by atomic mass is 19.4. The molecule has 0 saturated heterocycles. The molecule has 0 bridgehead atoms. The lowest BCUT2D eigenvalue weighted by molar-refractivity contribution is -0.142. The summed E-state index contributed by atoms with van der Waals surface area (Å²) in [4.78, 5) is 33.2. The highest BCUT2D eigenvalue weighted by Crippen LogP contribution is 2.16. The van der Waals surface area contributed by atoms with Gasteiger partial charge >= 0.3 is 24.1 Å². The molecule has 0 saturated carbocycles. The molecule has 0 fully saturated rings. The van der Waals surface area contributed by atoms with Gasteiger partial charge in [-0.15, -0.1) is 0 Å². The van der Waals surface area contributed by atoms with Crippen molar-refractivity contribution in [2.24, 2.45) is 0 Å². The van der Waals surface area contributed by atoms with Crippen LogP contribution in [0.4, 0.5) is 18.0 Å². The molecule has 10 heteroatoms. The Labute approximate surface area is 118 Å². The number of urea groups is 1. The zero-order valence-corrected chi connectivity index (χ0v) is 11.3. The van der Waals surface area contributed by atoms with E-state index in [0.29, 0.717) is 4.90 Å². The lowest BCUT2D eigenvalue weighted by Crippen LogP contribution is -2.50. The van der Waals surface area contributed by atoms with Crippen LogP contribution in [0.15, 0.2) is 0 Å². The maximum Gasteiger partial charge on any atom is 0.406 e. The second kappa shape index (κ2) is 8.32. The molecule has 0 aliphatic rings. The molecule has 0 heterocycles. The number of amides is 2. The Hall–Kier alpha value is -2.00. The van der Waals surface area contributed by atoms with Gasteiger partial charge in [0.25, 0.3) is 0 Å². The summed E-state index contributed by atoms with van der Waals surface area (Å²) in [5.74, 6) is -2.56. The predicted molar refractivity (Wildman–Crippen MR) is 64.7 cm³/mol. The van der Waals surface area contributed by atoms with Crippen molar-refractivity contribution in [1.29, 1.82) is 0 Å². The van der Waals surface area contributed by atoms with Crippen molar-refractivity contribution in [2.45, 2.75) is 38.4 Å². The van der Waals surface area contributed by atoms with E-state index in [1.54, 1.807) is 0 Å². The lowest BCUT2D eigenvalue weighted by Gasteiger charge is -2.24. The van der Waals surface area contributed by atoms with Crippen molar-refractivity contribution in [3.63, 3.8) is 0 Å². The van der Waals surface area contributed by atoms with E-state index < -0.39 is 36.7 Å². The number of halogens is 3. The van der Waals surface area contributed by atoms with Crippen LogP contribution in [0.25, 0.3) is 0 Å². The molecule has 0 radical (unpaired) electrons.